The number of hydrazine groups is 1. The fourth-order valence-electron chi connectivity index (χ4n) is 1.11. The van der Waals surface area contributed by atoms with Crippen LogP contribution in [0.4, 0.5) is 0 Å². The van der Waals surface area contributed by atoms with E-state index in [1.54, 1.807) is 0 Å². The summed E-state index contributed by atoms with van der Waals surface area (Å²) in [4.78, 5) is 0. The summed E-state index contributed by atoms with van der Waals surface area (Å²) in [5, 5.41) is 2.01. The molecule has 14 heavy (non-hydrogen) atoms. The summed E-state index contributed by atoms with van der Waals surface area (Å²) in [6.07, 6.45) is 7.74. The number of rotatable bonds is 9. The van der Waals surface area contributed by atoms with Crippen LogP contribution in [0.15, 0.2) is 12.3 Å². The monoisotopic (exact) mass is 200 g/mol. The molecule has 0 unspecified atom stereocenters. The van der Waals surface area contributed by atoms with Crippen LogP contribution in [0, 0.1) is 0 Å². The molecule has 0 atom stereocenters. The van der Waals surface area contributed by atoms with Crippen LogP contribution in [-0.2, 0) is 4.74 Å². The zero-order valence-corrected chi connectivity index (χ0v) is 9.75. The van der Waals surface area contributed by atoms with Crippen molar-refractivity contribution in [3.8, 4) is 0 Å². The molecule has 3 heteroatoms. The zero-order chi connectivity index (χ0) is 10.6. The fraction of sp³-hybridized carbons (Fsp3) is 0.818. The molecular formula is C11H24N2O. The molecule has 1 N–H and O–H groups in total. The van der Waals surface area contributed by atoms with Gasteiger partial charge < -0.3 is 9.75 Å². The maximum atomic E-state index is 5.43. The minimum atomic E-state index is 0.710. The summed E-state index contributed by atoms with van der Waals surface area (Å²) in [6, 6.07) is 0. The predicted octanol–water partition coefficient (Wildman–Crippen LogP) is 2.16. The van der Waals surface area contributed by atoms with Crippen LogP contribution in [0.25, 0.3) is 0 Å². The van der Waals surface area contributed by atoms with E-state index in [0.29, 0.717) is 6.61 Å². The van der Waals surface area contributed by atoms with Crippen LogP contribution in [0.2, 0.25) is 0 Å². The lowest BCUT2D eigenvalue weighted by Gasteiger charge is -2.15. The van der Waals surface area contributed by atoms with E-state index in [1.165, 1.54) is 19.3 Å². The van der Waals surface area contributed by atoms with E-state index >= 15 is 0 Å². The summed E-state index contributed by atoms with van der Waals surface area (Å²) in [5.41, 5.74) is 3.05. The number of hydrogen-bond acceptors (Lipinski definition) is 3. The Bertz CT molecular complexity index is 133. The van der Waals surface area contributed by atoms with Crippen LogP contribution < -0.4 is 5.43 Å². The van der Waals surface area contributed by atoms with Gasteiger partial charge in [0, 0.05) is 26.4 Å². The van der Waals surface area contributed by atoms with Crippen molar-refractivity contribution in [3.63, 3.8) is 0 Å². The standard InChI is InChI=1S/C11H24N2O/c1-4-6-7-10-14-11-8-9-13(5-2)12-3/h8-9,12H,4-7,10-11H2,1-3H3/b9-8-. The lowest BCUT2D eigenvalue weighted by molar-refractivity contribution is 0.156. The Morgan fingerprint density at radius 1 is 1.29 bits per heavy atom. The fourth-order valence-corrected chi connectivity index (χ4v) is 1.11. The Labute approximate surface area is 88.1 Å². The van der Waals surface area contributed by atoms with Gasteiger partial charge in [-0.2, -0.15) is 0 Å². The molecule has 0 spiro atoms. The van der Waals surface area contributed by atoms with E-state index < -0.39 is 0 Å². The lowest BCUT2D eigenvalue weighted by atomic mass is 10.3. The molecular weight excluding hydrogens is 176 g/mol. The average Bonchev–Trinajstić information content (AvgIpc) is 2.22. The van der Waals surface area contributed by atoms with E-state index in [1.807, 2.05) is 24.3 Å². The van der Waals surface area contributed by atoms with Crippen LogP contribution in [0.5, 0.6) is 0 Å². The summed E-state index contributed by atoms with van der Waals surface area (Å²) in [7, 11) is 1.91. The van der Waals surface area contributed by atoms with Crippen molar-refractivity contribution in [2.24, 2.45) is 0 Å². The second-order valence-corrected chi connectivity index (χ2v) is 3.18. The molecule has 0 aromatic rings. The number of nitrogens with one attached hydrogen (secondary N) is 1. The molecule has 0 rings (SSSR count). The molecule has 0 aromatic carbocycles. The Kier molecular flexibility index (Phi) is 10.1. The molecule has 0 radical (unpaired) electrons. The van der Waals surface area contributed by atoms with Crippen molar-refractivity contribution in [2.75, 3.05) is 26.8 Å². The van der Waals surface area contributed by atoms with Crippen LogP contribution in [-0.4, -0.2) is 31.8 Å². The van der Waals surface area contributed by atoms with E-state index in [-0.39, 0.29) is 0 Å². The number of ether oxygens (including phenoxy) is 1. The second kappa shape index (κ2) is 10.5. The topological polar surface area (TPSA) is 24.5 Å². The summed E-state index contributed by atoms with van der Waals surface area (Å²) in [6.45, 7) is 6.85. The Morgan fingerprint density at radius 2 is 2.07 bits per heavy atom. The van der Waals surface area contributed by atoms with Crippen LogP contribution in [0.3, 0.4) is 0 Å². The normalized spacial score (nSPS) is 11.1. The molecule has 84 valence electrons. The second-order valence-electron chi connectivity index (χ2n) is 3.18. The quantitative estimate of drug-likeness (QED) is 0.456. The largest absolute Gasteiger partial charge is 0.377 e. The van der Waals surface area contributed by atoms with E-state index in [2.05, 4.69) is 19.3 Å². The first-order valence-electron chi connectivity index (χ1n) is 5.53. The van der Waals surface area contributed by atoms with E-state index in [0.717, 1.165) is 13.2 Å². The molecule has 0 saturated heterocycles. The van der Waals surface area contributed by atoms with Gasteiger partial charge in [0.05, 0.1) is 6.61 Å². The Morgan fingerprint density at radius 3 is 2.64 bits per heavy atom. The lowest BCUT2D eigenvalue weighted by Crippen LogP contribution is -2.29. The maximum Gasteiger partial charge on any atom is 0.0664 e. The van der Waals surface area contributed by atoms with Gasteiger partial charge in [0.2, 0.25) is 0 Å². The van der Waals surface area contributed by atoms with E-state index in [4.69, 9.17) is 4.74 Å². The Balaban J connectivity index is 3.25. The summed E-state index contributed by atoms with van der Waals surface area (Å²) >= 11 is 0. The van der Waals surface area contributed by atoms with Crippen molar-refractivity contribution in [1.82, 2.24) is 10.4 Å². The maximum absolute atomic E-state index is 5.43. The van der Waals surface area contributed by atoms with Gasteiger partial charge >= 0.3 is 0 Å². The van der Waals surface area contributed by atoms with Crippen molar-refractivity contribution >= 4 is 0 Å². The molecule has 0 aromatic heterocycles. The third kappa shape index (κ3) is 8.08. The molecule has 0 aliphatic carbocycles. The molecule has 0 heterocycles. The molecule has 0 aliphatic rings. The summed E-state index contributed by atoms with van der Waals surface area (Å²) < 4.78 is 5.43. The van der Waals surface area contributed by atoms with Gasteiger partial charge in [-0.1, -0.05) is 19.8 Å². The summed E-state index contributed by atoms with van der Waals surface area (Å²) in [5.74, 6) is 0. The Hall–Kier alpha value is -0.540. The van der Waals surface area contributed by atoms with Crippen molar-refractivity contribution < 1.29 is 4.74 Å². The minimum Gasteiger partial charge on any atom is -0.377 e. The first-order chi connectivity index (χ1) is 6.85. The smallest absolute Gasteiger partial charge is 0.0664 e. The van der Waals surface area contributed by atoms with Gasteiger partial charge in [0.25, 0.3) is 0 Å². The first-order valence-corrected chi connectivity index (χ1v) is 5.53. The highest BCUT2D eigenvalue weighted by atomic mass is 16.5. The van der Waals surface area contributed by atoms with Gasteiger partial charge in [-0.3, -0.25) is 0 Å². The molecule has 0 fully saturated rings. The SMILES string of the molecule is CCCCCOC/C=C\N(CC)NC. The van der Waals surface area contributed by atoms with E-state index in [9.17, 15) is 0 Å². The molecule has 0 aliphatic heterocycles. The number of hydrogen-bond donors (Lipinski definition) is 1. The predicted molar refractivity (Wildman–Crippen MR) is 60.9 cm³/mol. The molecule has 0 bridgehead atoms. The highest BCUT2D eigenvalue weighted by molar-refractivity contribution is 4.79. The van der Waals surface area contributed by atoms with Gasteiger partial charge in [0.15, 0.2) is 0 Å². The average molecular weight is 200 g/mol. The van der Waals surface area contributed by atoms with Gasteiger partial charge in [-0.15, -0.1) is 0 Å². The highest BCUT2D eigenvalue weighted by Crippen LogP contribution is 1.94. The van der Waals surface area contributed by atoms with Gasteiger partial charge in [-0.05, 0) is 19.4 Å². The zero-order valence-electron chi connectivity index (χ0n) is 9.75. The van der Waals surface area contributed by atoms with Crippen molar-refractivity contribution in [1.29, 1.82) is 0 Å². The molecule has 0 saturated carbocycles. The van der Waals surface area contributed by atoms with Gasteiger partial charge in [-0.25, -0.2) is 5.43 Å². The van der Waals surface area contributed by atoms with Crippen LogP contribution in [0.1, 0.15) is 33.1 Å². The highest BCUT2D eigenvalue weighted by Gasteiger charge is 1.88. The van der Waals surface area contributed by atoms with Crippen molar-refractivity contribution in [2.45, 2.75) is 33.1 Å². The van der Waals surface area contributed by atoms with Crippen molar-refractivity contribution in [3.05, 3.63) is 12.3 Å². The number of unbranched alkanes of at least 4 members (excludes halogenated alkanes) is 2. The molecule has 3 nitrogen and oxygen atoms in total. The molecule has 0 amide bonds. The minimum absolute atomic E-state index is 0.710. The van der Waals surface area contributed by atoms with Crippen LogP contribution >= 0.6 is 0 Å². The third-order valence-corrected chi connectivity index (χ3v) is 2.02. The van der Waals surface area contributed by atoms with Gasteiger partial charge in [0.1, 0.15) is 0 Å². The number of nitrogens with zero attached hydrogens (tertiary/aromatic N) is 1. The first kappa shape index (κ1) is 13.5. The third-order valence-electron chi connectivity index (χ3n) is 2.02.